The molecule has 0 saturated heterocycles. The van der Waals surface area contributed by atoms with Gasteiger partial charge in [-0.1, -0.05) is 0 Å². The van der Waals surface area contributed by atoms with Gasteiger partial charge in [0.1, 0.15) is 6.54 Å². The van der Waals surface area contributed by atoms with Gasteiger partial charge in [-0.15, -0.1) is 11.8 Å². The number of aliphatic carboxylic acids is 2. The fourth-order valence-electron chi connectivity index (χ4n) is 0.456. The smallest absolute Gasteiger partial charge is 0.322 e. The van der Waals surface area contributed by atoms with E-state index in [1.165, 1.54) is 0 Å². The summed E-state index contributed by atoms with van der Waals surface area (Å²) in [7, 11) is 0. The lowest BCUT2D eigenvalue weighted by Gasteiger charge is -1.99. The predicted octanol–water partition coefficient (Wildman–Crippen LogP) is -0.995. The third kappa shape index (κ3) is 8.67. The van der Waals surface area contributed by atoms with Crippen LogP contribution in [-0.2, 0) is 14.4 Å². The molecule has 6 nitrogen and oxygen atoms in total. The summed E-state index contributed by atoms with van der Waals surface area (Å²) in [5.74, 6) is -2.82. The Balaban J connectivity index is 3.41. The van der Waals surface area contributed by atoms with Crippen molar-refractivity contribution in [2.45, 2.75) is 0 Å². The van der Waals surface area contributed by atoms with Crippen molar-refractivity contribution in [3.63, 3.8) is 0 Å². The van der Waals surface area contributed by atoms with E-state index in [9.17, 15) is 14.4 Å². The third-order valence-corrected chi connectivity index (χ3v) is 1.81. The Morgan fingerprint density at radius 3 is 2.15 bits per heavy atom. The molecule has 3 N–H and O–H groups in total. The van der Waals surface area contributed by atoms with Gasteiger partial charge < -0.3 is 15.5 Å². The molecule has 0 fully saturated rings. The Bertz CT molecular complexity index is 217. The number of carbonyl (C=O) groups excluding carboxylic acids is 1. The molecule has 13 heavy (non-hydrogen) atoms. The second kappa shape index (κ2) is 6.30. The van der Waals surface area contributed by atoms with Crippen LogP contribution < -0.4 is 5.32 Å². The van der Waals surface area contributed by atoms with E-state index in [1.807, 2.05) is 0 Å². The quantitative estimate of drug-likeness (QED) is 0.516. The molecule has 0 aromatic carbocycles. The predicted molar refractivity (Wildman–Crippen MR) is 45.6 cm³/mol. The van der Waals surface area contributed by atoms with Crippen LogP contribution in [0.15, 0.2) is 0 Å². The number of carbonyl (C=O) groups is 3. The van der Waals surface area contributed by atoms with E-state index in [-0.39, 0.29) is 11.5 Å². The molecule has 0 aromatic rings. The summed E-state index contributed by atoms with van der Waals surface area (Å²) in [5, 5.41) is 18.5. The second-order valence-electron chi connectivity index (χ2n) is 2.06. The molecule has 74 valence electrons. The number of amides is 1. The first-order valence-electron chi connectivity index (χ1n) is 3.30. The van der Waals surface area contributed by atoms with Gasteiger partial charge in [-0.2, -0.15) is 0 Å². The summed E-state index contributed by atoms with van der Waals surface area (Å²) in [6.07, 6.45) is 0. The number of carboxylic acids is 2. The summed E-state index contributed by atoms with van der Waals surface area (Å²) in [6, 6.07) is 0. The monoisotopic (exact) mass is 207 g/mol. The van der Waals surface area contributed by atoms with Crippen molar-refractivity contribution in [2.24, 2.45) is 0 Å². The lowest BCUT2D eigenvalue weighted by Crippen LogP contribution is -2.30. The number of carboxylic acid groups (broad SMARTS) is 2. The zero-order chi connectivity index (χ0) is 10.3. The van der Waals surface area contributed by atoms with Crippen LogP contribution in [0, 0.1) is 0 Å². The standard InChI is InChI=1S/C6H9NO5S/c8-4(7-1-5(9)10)2-13-3-6(11)12/h1-3H2,(H,7,8)(H,9,10)(H,11,12). The summed E-state index contributed by atoms with van der Waals surface area (Å²) < 4.78 is 0. The maximum atomic E-state index is 10.7. The van der Waals surface area contributed by atoms with E-state index < -0.39 is 24.4 Å². The number of hydrogen-bond donors (Lipinski definition) is 3. The Morgan fingerprint density at radius 1 is 1.08 bits per heavy atom. The van der Waals surface area contributed by atoms with Crippen LogP contribution in [0.25, 0.3) is 0 Å². The maximum absolute atomic E-state index is 10.7. The zero-order valence-electron chi connectivity index (χ0n) is 6.65. The second-order valence-corrected chi connectivity index (χ2v) is 3.04. The molecule has 1 amide bonds. The molecule has 0 aromatic heterocycles. The lowest BCUT2D eigenvalue weighted by atomic mass is 10.6. The largest absolute Gasteiger partial charge is 0.481 e. The first-order valence-corrected chi connectivity index (χ1v) is 4.46. The van der Waals surface area contributed by atoms with Crippen molar-refractivity contribution in [1.82, 2.24) is 5.32 Å². The average molecular weight is 207 g/mol. The molecule has 0 aliphatic rings. The van der Waals surface area contributed by atoms with Gasteiger partial charge in [0, 0.05) is 0 Å². The maximum Gasteiger partial charge on any atom is 0.322 e. The van der Waals surface area contributed by atoms with Crippen LogP contribution in [-0.4, -0.2) is 46.1 Å². The van der Waals surface area contributed by atoms with Crippen LogP contribution in [0.4, 0.5) is 0 Å². The van der Waals surface area contributed by atoms with Crippen molar-refractivity contribution in [1.29, 1.82) is 0 Å². The van der Waals surface area contributed by atoms with E-state index >= 15 is 0 Å². The molecule has 0 bridgehead atoms. The van der Waals surface area contributed by atoms with Crippen LogP contribution in [0.2, 0.25) is 0 Å². The van der Waals surface area contributed by atoms with Crippen molar-refractivity contribution < 1.29 is 24.6 Å². The lowest BCUT2D eigenvalue weighted by molar-refractivity contribution is -0.137. The fraction of sp³-hybridized carbons (Fsp3) is 0.500. The van der Waals surface area contributed by atoms with E-state index in [4.69, 9.17) is 10.2 Å². The Hall–Kier alpha value is -1.24. The number of rotatable bonds is 6. The van der Waals surface area contributed by atoms with E-state index in [0.717, 1.165) is 11.8 Å². The van der Waals surface area contributed by atoms with Crippen LogP contribution in [0.5, 0.6) is 0 Å². The SMILES string of the molecule is O=C(O)CNC(=O)CSCC(=O)O. The van der Waals surface area contributed by atoms with Gasteiger partial charge in [0.25, 0.3) is 0 Å². The van der Waals surface area contributed by atoms with E-state index in [1.54, 1.807) is 0 Å². The van der Waals surface area contributed by atoms with Gasteiger partial charge >= 0.3 is 11.9 Å². The topological polar surface area (TPSA) is 104 Å². The molecule has 0 rings (SSSR count). The minimum absolute atomic E-state index is 0.0421. The normalized spacial score (nSPS) is 9.23. The van der Waals surface area contributed by atoms with Gasteiger partial charge in [-0.25, -0.2) is 0 Å². The molecule has 0 unspecified atom stereocenters. The molecule has 0 heterocycles. The summed E-state index contributed by atoms with van der Waals surface area (Å²) in [4.78, 5) is 30.7. The zero-order valence-corrected chi connectivity index (χ0v) is 7.47. The Morgan fingerprint density at radius 2 is 1.69 bits per heavy atom. The number of nitrogens with one attached hydrogen (secondary N) is 1. The summed E-state index contributed by atoms with van der Waals surface area (Å²) in [5.41, 5.74) is 0. The molecule has 0 aliphatic carbocycles. The van der Waals surface area contributed by atoms with Crippen LogP contribution in [0.3, 0.4) is 0 Å². The molecule has 0 atom stereocenters. The highest BCUT2D eigenvalue weighted by atomic mass is 32.2. The highest BCUT2D eigenvalue weighted by Gasteiger charge is 2.04. The molecule has 0 radical (unpaired) electrons. The minimum atomic E-state index is -1.13. The highest BCUT2D eigenvalue weighted by molar-refractivity contribution is 8.00. The van der Waals surface area contributed by atoms with Gasteiger partial charge in [0.05, 0.1) is 11.5 Å². The molecule has 7 heteroatoms. The average Bonchev–Trinajstić information content (AvgIpc) is 2.00. The van der Waals surface area contributed by atoms with Gasteiger partial charge in [-0.05, 0) is 0 Å². The van der Waals surface area contributed by atoms with Crippen molar-refractivity contribution in [2.75, 3.05) is 18.1 Å². The number of thioether (sulfide) groups is 1. The molecular formula is C6H9NO5S. The number of hydrogen-bond acceptors (Lipinski definition) is 4. The van der Waals surface area contributed by atoms with Gasteiger partial charge in [0.15, 0.2) is 0 Å². The fourth-order valence-corrected chi connectivity index (χ4v) is 1.02. The Kier molecular flexibility index (Phi) is 5.69. The summed E-state index contributed by atoms with van der Waals surface area (Å²) in [6.45, 7) is -0.438. The molecular weight excluding hydrogens is 198 g/mol. The van der Waals surface area contributed by atoms with Gasteiger partial charge in [0.2, 0.25) is 5.91 Å². The Labute approximate surface area is 78.3 Å². The van der Waals surface area contributed by atoms with Crippen LogP contribution in [0.1, 0.15) is 0 Å². The van der Waals surface area contributed by atoms with E-state index in [2.05, 4.69) is 5.32 Å². The van der Waals surface area contributed by atoms with Gasteiger partial charge in [-0.3, -0.25) is 14.4 Å². The third-order valence-electron chi connectivity index (χ3n) is 0.895. The first kappa shape index (κ1) is 11.8. The van der Waals surface area contributed by atoms with Crippen molar-refractivity contribution in [3.05, 3.63) is 0 Å². The van der Waals surface area contributed by atoms with E-state index in [0.29, 0.717) is 0 Å². The molecule has 0 aliphatic heterocycles. The minimum Gasteiger partial charge on any atom is -0.481 e. The van der Waals surface area contributed by atoms with Crippen LogP contribution >= 0.6 is 11.8 Å². The highest BCUT2D eigenvalue weighted by Crippen LogP contribution is 1.97. The first-order chi connectivity index (χ1) is 6.02. The van der Waals surface area contributed by atoms with Crippen molar-refractivity contribution >= 4 is 29.6 Å². The molecule has 0 spiro atoms. The molecule has 0 saturated carbocycles. The summed E-state index contributed by atoms with van der Waals surface area (Å²) >= 11 is 0.917. The van der Waals surface area contributed by atoms with Crippen molar-refractivity contribution in [3.8, 4) is 0 Å².